The molecule has 0 aliphatic rings. The Labute approximate surface area is 222 Å². The molecule has 35 heavy (non-hydrogen) atoms. The van der Waals surface area contributed by atoms with Crippen molar-refractivity contribution in [3.8, 4) is 11.5 Å². The molecule has 0 aliphatic heterocycles. The molecule has 190 valence electrons. The van der Waals surface area contributed by atoms with Gasteiger partial charge >= 0.3 is 11.9 Å². The van der Waals surface area contributed by atoms with Gasteiger partial charge in [0.05, 0.1) is 24.9 Å². The summed E-state index contributed by atoms with van der Waals surface area (Å²) in [6, 6.07) is 11.4. The predicted octanol–water partition coefficient (Wildman–Crippen LogP) is 6.20. The third-order valence-corrected chi connectivity index (χ3v) is 11.0. The summed E-state index contributed by atoms with van der Waals surface area (Å²) in [6.07, 6.45) is 1.50. The van der Waals surface area contributed by atoms with Crippen LogP contribution in [-0.4, -0.2) is 41.6 Å². The predicted molar refractivity (Wildman–Crippen MR) is 146 cm³/mol. The second-order valence-corrected chi connectivity index (χ2v) is 15.2. The maximum Gasteiger partial charge on any atom is 0.371 e. The average molecular weight is 613 g/mol. The molecule has 0 N–H and O–H groups in total. The first kappa shape index (κ1) is 28.7. The van der Waals surface area contributed by atoms with E-state index in [4.69, 9.17) is 23.4 Å². The fraction of sp³-hybridized carbons (Fsp3) is 0.385. The normalized spacial score (nSPS) is 12.1. The van der Waals surface area contributed by atoms with E-state index in [2.05, 4.69) is 43.4 Å². The number of carbonyl (C=O) groups excluding carboxylic acids is 2. The van der Waals surface area contributed by atoms with E-state index in [1.165, 1.54) is 27.4 Å². The van der Waals surface area contributed by atoms with Gasteiger partial charge in [-0.25, -0.2) is 9.59 Å². The van der Waals surface area contributed by atoms with Crippen molar-refractivity contribution < 1.29 is 33.0 Å². The molecular formula is C26H33IO7Si. The highest BCUT2D eigenvalue weighted by atomic mass is 127. The monoisotopic (exact) mass is 612 g/mol. The van der Waals surface area contributed by atoms with Gasteiger partial charge in [-0.3, -0.25) is 0 Å². The molecule has 0 fully saturated rings. The van der Waals surface area contributed by atoms with Crippen LogP contribution in [0.3, 0.4) is 0 Å². The number of benzene rings is 2. The van der Waals surface area contributed by atoms with Crippen molar-refractivity contribution in [1.82, 2.24) is 0 Å². The first-order valence-corrected chi connectivity index (χ1v) is 15.0. The molecule has 2 aromatic rings. The highest BCUT2D eigenvalue weighted by molar-refractivity contribution is 14.1. The van der Waals surface area contributed by atoms with Crippen molar-refractivity contribution in [3.63, 3.8) is 0 Å². The van der Waals surface area contributed by atoms with E-state index in [1.807, 2.05) is 43.4 Å². The van der Waals surface area contributed by atoms with Gasteiger partial charge in [-0.05, 0) is 64.0 Å². The molecule has 0 aliphatic carbocycles. The molecule has 2 aromatic carbocycles. The fourth-order valence-electron chi connectivity index (χ4n) is 2.91. The van der Waals surface area contributed by atoms with Crippen molar-refractivity contribution in [3.05, 3.63) is 62.4 Å². The molecule has 0 radical (unpaired) electrons. The number of hydrogen-bond acceptors (Lipinski definition) is 7. The van der Waals surface area contributed by atoms with Gasteiger partial charge in [-0.1, -0.05) is 51.1 Å². The lowest BCUT2D eigenvalue weighted by Crippen LogP contribution is -2.41. The minimum Gasteiger partial charge on any atom is -0.539 e. The van der Waals surface area contributed by atoms with E-state index in [-0.39, 0.29) is 28.7 Å². The van der Waals surface area contributed by atoms with E-state index in [0.29, 0.717) is 14.9 Å². The lowest BCUT2D eigenvalue weighted by atomic mass is 10.0. The van der Waals surface area contributed by atoms with Crippen LogP contribution in [0.5, 0.6) is 11.5 Å². The van der Waals surface area contributed by atoms with Crippen LogP contribution in [0.15, 0.2) is 42.2 Å². The van der Waals surface area contributed by atoms with E-state index in [1.54, 1.807) is 6.07 Å². The van der Waals surface area contributed by atoms with Gasteiger partial charge in [0.1, 0.15) is 12.2 Å². The summed E-state index contributed by atoms with van der Waals surface area (Å²) in [7, 11) is 1.63. The van der Waals surface area contributed by atoms with Gasteiger partial charge in [0.25, 0.3) is 8.32 Å². The number of methoxy groups -OCH3 is 3. The van der Waals surface area contributed by atoms with Gasteiger partial charge < -0.3 is 23.4 Å². The Bertz CT molecular complexity index is 1090. The largest absolute Gasteiger partial charge is 0.539 e. The zero-order valence-corrected chi connectivity index (χ0v) is 24.6. The number of hydrogen-bond donors (Lipinski definition) is 0. The van der Waals surface area contributed by atoms with Crippen molar-refractivity contribution in [2.75, 3.05) is 21.3 Å². The second kappa shape index (κ2) is 11.9. The Morgan fingerprint density at radius 2 is 1.63 bits per heavy atom. The van der Waals surface area contributed by atoms with E-state index in [9.17, 15) is 9.59 Å². The maximum atomic E-state index is 12.9. The SMILES string of the molecule is COC(=O)/C(=C\c1cc(I)c(OCc2ccccc2)c(OC)c1C(=O)OC)O[Si](C)(C)C(C)(C)C. The minimum atomic E-state index is -2.39. The molecule has 7 nitrogen and oxygen atoms in total. The van der Waals surface area contributed by atoms with E-state index >= 15 is 0 Å². The van der Waals surface area contributed by atoms with Crippen LogP contribution >= 0.6 is 22.6 Å². The summed E-state index contributed by atoms with van der Waals surface area (Å²) >= 11 is 2.11. The summed E-state index contributed by atoms with van der Waals surface area (Å²) in [5, 5.41) is -0.160. The molecule has 9 heteroatoms. The van der Waals surface area contributed by atoms with Crippen LogP contribution < -0.4 is 9.47 Å². The van der Waals surface area contributed by atoms with Crippen molar-refractivity contribution in [2.45, 2.75) is 45.5 Å². The number of carbonyl (C=O) groups is 2. The van der Waals surface area contributed by atoms with Crippen LogP contribution in [0, 0.1) is 3.57 Å². The van der Waals surface area contributed by atoms with Crippen molar-refractivity contribution >= 4 is 48.9 Å². The standard InChI is InChI=1S/C26H33IO7Si/c1-26(2,3)35(7,8)34-20(24(28)31-5)15-18-14-19(27)22(23(30-4)21(18)25(29)32-6)33-16-17-12-10-9-11-13-17/h9-15H,16H2,1-8H3/b20-15+. The smallest absolute Gasteiger partial charge is 0.371 e. The van der Waals surface area contributed by atoms with Gasteiger partial charge in [-0.2, -0.15) is 0 Å². The minimum absolute atomic E-state index is 0.0139. The van der Waals surface area contributed by atoms with Crippen molar-refractivity contribution in [2.24, 2.45) is 0 Å². The molecule has 0 aromatic heterocycles. The van der Waals surface area contributed by atoms with Gasteiger partial charge in [0, 0.05) is 0 Å². The molecule has 0 spiro atoms. The molecule has 0 saturated heterocycles. The maximum absolute atomic E-state index is 12.9. The summed E-state index contributed by atoms with van der Waals surface area (Å²) in [5.41, 5.74) is 1.48. The van der Waals surface area contributed by atoms with Crippen LogP contribution in [0.25, 0.3) is 6.08 Å². The number of esters is 2. The van der Waals surface area contributed by atoms with Crippen LogP contribution in [0.4, 0.5) is 0 Å². The Morgan fingerprint density at radius 1 is 1.00 bits per heavy atom. The molecule has 0 unspecified atom stereocenters. The molecule has 0 atom stereocenters. The van der Waals surface area contributed by atoms with Gasteiger partial charge in [0.15, 0.2) is 17.3 Å². The topological polar surface area (TPSA) is 80.3 Å². The van der Waals surface area contributed by atoms with Crippen LogP contribution in [0.2, 0.25) is 18.1 Å². The van der Waals surface area contributed by atoms with Crippen molar-refractivity contribution in [1.29, 1.82) is 0 Å². The van der Waals surface area contributed by atoms with E-state index in [0.717, 1.165) is 5.56 Å². The zero-order valence-electron chi connectivity index (χ0n) is 21.5. The number of halogens is 1. The first-order valence-electron chi connectivity index (χ1n) is 11.0. The number of rotatable bonds is 9. The summed E-state index contributed by atoms with van der Waals surface area (Å²) in [4.78, 5) is 25.5. The van der Waals surface area contributed by atoms with E-state index < -0.39 is 20.3 Å². The molecule has 0 heterocycles. The van der Waals surface area contributed by atoms with Crippen LogP contribution in [-0.2, 0) is 25.3 Å². The third kappa shape index (κ3) is 7.00. The highest BCUT2D eigenvalue weighted by Crippen LogP contribution is 2.41. The highest BCUT2D eigenvalue weighted by Gasteiger charge is 2.40. The summed E-state index contributed by atoms with van der Waals surface area (Å²) in [5.74, 6) is -0.642. The quantitative estimate of drug-likeness (QED) is 0.110. The Morgan fingerprint density at radius 3 is 2.14 bits per heavy atom. The molecule has 0 bridgehead atoms. The molecular weight excluding hydrogens is 579 g/mol. The lowest BCUT2D eigenvalue weighted by Gasteiger charge is -2.36. The number of ether oxygens (including phenoxy) is 4. The van der Waals surface area contributed by atoms with Gasteiger partial charge in [-0.15, -0.1) is 0 Å². The Balaban J connectivity index is 2.66. The Hall–Kier alpha value is -2.53. The third-order valence-electron chi connectivity index (χ3n) is 5.89. The molecule has 0 saturated carbocycles. The summed E-state index contributed by atoms with van der Waals surface area (Å²) in [6.45, 7) is 10.5. The molecule has 2 rings (SSSR count). The first-order chi connectivity index (χ1) is 16.4. The van der Waals surface area contributed by atoms with Crippen LogP contribution in [0.1, 0.15) is 42.3 Å². The summed E-state index contributed by atoms with van der Waals surface area (Å²) < 4.78 is 28.7. The lowest BCUT2D eigenvalue weighted by molar-refractivity contribution is -0.138. The van der Waals surface area contributed by atoms with Gasteiger partial charge in [0.2, 0.25) is 0 Å². The zero-order chi connectivity index (χ0) is 26.4. The Kier molecular flexibility index (Phi) is 9.79. The second-order valence-electron chi connectivity index (χ2n) is 9.31. The fourth-order valence-corrected chi connectivity index (χ4v) is 4.65. The molecule has 0 amide bonds. The average Bonchev–Trinajstić information content (AvgIpc) is 2.81.